The van der Waals surface area contributed by atoms with E-state index in [1.165, 1.54) is 0 Å². The summed E-state index contributed by atoms with van der Waals surface area (Å²) in [7, 11) is 0. The number of nitrogens with one attached hydrogen (secondary N) is 1. The molecule has 0 spiro atoms. The number of carbonyl (C=O) groups excluding carboxylic acids is 1. The van der Waals surface area contributed by atoms with E-state index in [-0.39, 0.29) is 5.91 Å². The minimum Gasteiger partial charge on any atom is -0.334 e. The molecule has 0 saturated carbocycles. The smallest absolute Gasteiger partial charge is 0.258 e. The first-order chi connectivity index (χ1) is 10.8. The Morgan fingerprint density at radius 3 is 2.64 bits per heavy atom. The van der Waals surface area contributed by atoms with Crippen molar-refractivity contribution < 1.29 is 9.32 Å². The first kappa shape index (κ1) is 12.5. The van der Waals surface area contributed by atoms with Crippen LogP contribution in [0.4, 0.5) is 5.69 Å². The summed E-state index contributed by atoms with van der Waals surface area (Å²) < 4.78 is 5.25. The van der Waals surface area contributed by atoms with Gasteiger partial charge in [-0.3, -0.25) is 4.79 Å². The highest BCUT2D eigenvalue weighted by atomic mass is 16.5. The predicted octanol–water partition coefficient (Wildman–Crippen LogP) is 3.23. The molecule has 0 fully saturated rings. The number of benzene rings is 2. The fourth-order valence-corrected chi connectivity index (χ4v) is 2.40. The monoisotopic (exact) mass is 289 g/mol. The number of para-hydroxylation sites is 1. The molecule has 2 aromatic carbocycles. The van der Waals surface area contributed by atoms with E-state index in [0.717, 1.165) is 16.8 Å². The van der Waals surface area contributed by atoms with Gasteiger partial charge >= 0.3 is 0 Å². The van der Waals surface area contributed by atoms with Crippen molar-refractivity contribution in [2.45, 2.75) is 0 Å². The minimum absolute atomic E-state index is 0.160. The molecule has 0 radical (unpaired) electrons. The van der Waals surface area contributed by atoms with Crippen LogP contribution in [0.25, 0.3) is 23.1 Å². The SMILES string of the molecule is O=C1Nc2ccccc2C1=Cc1noc(-c2ccccc2)n1. The van der Waals surface area contributed by atoms with E-state index in [0.29, 0.717) is 17.3 Å². The van der Waals surface area contributed by atoms with Gasteiger partial charge in [0.05, 0.1) is 5.57 Å². The van der Waals surface area contributed by atoms with E-state index in [4.69, 9.17) is 4.52 Å². The minimum atomic E-state index is -0.160. The van der Waals surface area contributed by atoms with Crippen LogP contribution in [0.5, 0.6) is 0 Å². The van der Waals surface area contributed by atoms with Crippen molar-refractivity contribution in [1.82, 2.24) is 10.1 Å². The van der Waals surface area contributed by atoms with E-state index >= 15 is 0 Å². The normalized spacial score (nSPS) is 14.9. The molecule has 1 aliphatic rings. The molecule has 0 aliphatic carbocycles. The Hall–Kier alpha value is -3.21. The lowest BCUT2D eigenvalue weighted by Gasteiger charge is -1.94. The Morgan fingerprint density at radius 1 is 1.00 bits per heavy atom. The molecule has 5 heteroatoms. The largest absolute Gasteiger partial charge is 0.334 e. The van der Waals surface area contributed by atoms with Crippen LogP contribution in [0.2, 0.25) is 0 Å². The lowest BCUT2D eigenvalue weighted by atomic mass is 10.1. The molecule has 0 saturated heterocycles. The number of rotatable bonds is 2. The standard InChI is InChI=1S/C17H11N3O2/c21-16-13(12-8-4-5-9-14(12)18-16)10-15-19-17(22-20-15)11-6-2-1-3-7-11/h1-10H,(H,18,21). The second-order valence-electron chi connectivity index (χ2n) is 4.88. The zero-order valence-electron chi connectivity index (χ0n) is 11.5. The van der Waals surface area contributed by atoms with E-state index in [9.17, 15) is 4.79 Å². The van der Waals surface area contributed by atoms with Crippen LogP contribution in [0, 0.1) is 0 Å². The number of anilines is 1. The van der Waals surface area contributed by atoms with Crippen molar-refractivity contribution in [3.05, 3.63) is 66.0 Å². The van der Waals surface area contributed by atoms with Gasteiger partial charge < -0.3 is 9.84 Å². The van der Waals surface area contributed by atoms with Crippen molar-refractivity contribution in [2.75, 3.05) is 5.32 Å². The highest BCUT2D eigenvalue weighted by molar-refractivity contribution is 6.34. The highest BCUT2D eigenvalue weighted by Crippen LogP contribution is 2.32. The summed E-state index contributed by atoms with van der Waals surface area (Å²) in [5.74, 6) is 0.645. The number of carbonyl (C=O) groups is 1. The van der Waals surface area contributed by atoms with Crippen LogP contribution in [0.3, 0.4) is 0 Å². The fraction of sp³-hybridized carbons (Fsp3) is 0. The van der Waals surface area contributed by atoms with Gasteiger partial charge in [-0.15, -0.1) is 0 Å². The number of aromatic nitrogens is 2. The van der Waals surface area contributed by atoms with E-state index in [1.807, 2.05) is 54.6 Å². The highest BCUT2D eigenvalue weighted by Gasteiger charge is 2.24. The Bertz CT molecular complexity index is 882. The number of hydrogen-bond acceptors (Lipinski definition) is 4. The molecule has 0 bridgehead atoms. The summed E-state index contributed by atoms with van der Waals surface area (Å²) in [5.41, 5.74) is 3.02. The van der Waals surface area contributed by atoms with Gasteiger partial charge in [0.2, 0.25) is 0 Å². The van der Waals surface area contributed by atoms with E-state index < -0.39 is 0 Å². The Kier molecular flexibility index (Phi) is 2.83. The van der Waals surface area contributed by atoms with Gasteiger partial charge in [0, 0.05) is 16.8 Å². The van der Waals surface area contributed by atoms with Gasteiger partial charge in [-0.05, 0) is 24.3 Å². The predicted molar refractivity (Wildman–Crippen MR) is 82.7 cm³/mol. The third-order valence-corrected chi connectivity index (χ3v) is 3.45. The van der Waals surface area contributed by atoms with Crippen LogP contribution in [-0.4, -0.2) is 16.0 Å². The molecule has 1 aliphatic heterocycles. The Balaban J connectivity index is 1.72. The lowest BCUT2D eigenvalue weighted by molar-refractivity contribution is -0.110. The van der Waals surface area contributed by atoms with Gasteiger partial charge in [-0.2, -0.15) is 4.98 Å². The Labute approximate surface area is 126 Å². The molecule has 2 heterocycles. The fourth-order valence-electron chi connectivity index (χ4n) is 2.40. The first-order valence-corrected chi connectivity index (χ1v) is 6.83. The van der Waals surface area contributed by atoms with E-state index in [1.54, 1.807) is 6.08 Å². The molecule has 22 heavy (non-hydrogen) atoms. The van der Waals surface area contributed by atoms with Gasteiger partial charge in [-0.25, -0.2) is 0 Å². The van der Waals surface area contributed by atoms with Gasteiger partial charge in [0.15, 0.2) is 5.82 Å². The lowest BCUT2D eigenvalue weighted by Crippen LogP contribution is -2.03. The van der Waals surface area contributed by atoms with Crippen molar-refractivity contribution in [3.63, 3.8) is 0 Å². The second-order valence-corrected chi connectivity index (χ2v) is 4.88. The van der Waals surface area contributed by atoms with Gasteiger partial charge in [-0.1, -0.05) is 41.6 Å². The maximum atomic E-state index is 12.0. The van der Waals surface area contributed by atoms with Crippen molar-refractivity contribution in [3.8, 4) is 11.5 Å². The van der Waals surface area contributed by atoms with Crippen LogP contribution in [0.1, 0.15) is 11.4 Å². The topological polar surface area (TPSA) is 68.0 Å². The Morgan fingerprint density at radius 2 is 1.77 bits per heavy atom. The number of amides is 1. The molecule has 5 nitrogen and oxygen atoms in total. The summed E-state index contributed by atoms with van der Waals surface area (Å²) >= 11 is 0. The third kappa shape index (κ3) is 2.09. The average Bonchev–Trinajstić information content (AvgIpc) is 3.14. The summed E-state index contributed by atoms with van der Waals surface area (Å²) in [6.07, 6.45) is 1.64. The summed E-state index contributed by atoms with van der Waals surface area (Å²) in [4.78, 5) is 16.4. The summed E-state index contributed by atoms with van der Waals surface area (Å²) in [5, 5.41) is 6.73. The average molecular weight is 289 g/mol. The molecule has 1 aromatic heterocycles. The first-order valence-electron chi connectivity index (χ1n) is 6.83. The van der Waals surface area contributed by atoms with Crippen LogP contribution in [-0.2, 0) is 4.79 Å². The maximum Gasteiger partial charge on any atom is 0.258 e. The molecule has 1 amide bonds. The van der Waals surface area contributed by atoms with Crippen molar-refractivity contribution in [2.24, 2.45) is 0 Å². The number of hydrogen-bond donors (Lipinski definition) is 1. The third-order valence-electron chi connectivity index (χ3n) is 3.45. The molecular weight excluding hydrogens is 278 g/mol. The molecule has 1 N–H and O–H groups in total. The zero-order chi connectivity index (χ0) is 14.9. The quantitative estimate of drug-likeness (QED) is 0.735. The molecule has 4 rings (SSSR count). The van der Waals surface area contributed by atoms with Crippen LogP contribution >= 0.6 is 0 Å². The molecular formula is C17H11N3O2. The number of fused-ring (bicyclic) bond motifs is 1. The maximum absolute atomic E-state index is 12.0. The molecule has 3 aromatic rings. The molecule has 106 valence electrons. The van der Waals surface area contributed by atoms with Crippen molar-refractivity contribution >= 4 is 23.2 Å². The van der Waals surface area contributed by atoms with Gasteiger partial charge in [0.1, 0.15) is 0 Å². The second kappa shape index (κ2) is 4.96. The summed E-state index contributed by atoms with van der Waals surface area (Å²) in [6, 6.07) is 17.0. The van der Waals surface area contributed by atoms with E-state index in [2.05, 4.69) is 15.5 Å². The van der Waals surface area contributed by atoms with Gasteiger partial charge in [0.25, 0.3) is 11.8 Å². The molecule has 0 atom stereocenters. The molecule has 0 unspecified atom stereocenters. The van der Waals surface area contributed by atoms with Crippen LogP contribution in [0.15, 0.2) is 59.1 Å². The van der Waals surface area contributed by atoms with Crippen molar-refractivity contribution in [1.29, 1.82) is 0 Å². The van der Waals surface area contributed by atoms with Crippen LogP contribution < -0.4 is 5.32 Å². The zero-order valence-corrected chi connectivity index (χ0v) is 11.5. The number of nitrogens with zero attached hydrogens (tertiary/aromatic N) is 2. The summed E-state index contributed by atoms with van der Waals surface area (Å²) in [6.45, 7) is 0.